The average molecular weight is 407 g/mol. The first kappa shape index (κ1) is 19.3. The second-order valence-corrected chi connectivity index (χ2v) is 9.69. The van der Waals surface area contributed by atoms with Gasteiger partial charge in [-0.25, -0.2) is 13.0 Å². The van der Waals surface area contributed by atoms with Crippen molar-refractivity contribution in [3.8, 4) is 0 Å². The Morgan fingerprint density at radius 1 is 1.07 bits per heavy atom. The second kappa shape index (κ2) is 8.16. The zero-order valence-electron chi connectivity index (χ0n) is 15.8. The average Bonchev–Trinajstić information content (AvgIpc) is 3.05. The summed E-state index contributed by atoms with van der Waals surface area (Å²) in [7, 11) is -3.77. The maximum absolute atomic E-state index is 13.2. The van der Waals surface area contributed by atoms with Gasteiger partial charge in [-0.2, -0.15) is 4.31 Å². The Bertz CT molecular complexity index is 934. The van der Waals surface area contributed by atoms with E-state index in [9.17, 15) is 13.2 Å². The summed E-state index contributed by atoms with van der Waals surface area (Å²) >= 11 is 0. The molecule has 1 aliphatic carbocycles. The number of carbonyl (C=O) groups excluding carboxylic acids is 1. The number of nitrogens with zero attached hydrogens (tertiary/aromatic N) is 3. The number of rotatable bonds is 4. The third-order valence-corrected chi connectivity index (χ3v) is 7.72. The molecule has 2 aliphatic rings. The SMILES string of the molecule is O=C(NC1CCCCCC1)[C@@H]1CCCN(S(=O)(=O)c2cccc3nonc23)C1. The van der Waals surface area contributed by atoms with E-state index in [0.717, 1.165) is 25.7 Å². The number of fused-ring (bicyclic) bond motifs is 1. The monoisotopic (exact) mass is 406 g/mol. The van der Waals surface area contributed by atoms with Gasteiger partial charge in [-0.1, -0.05) is 31.7 Å². The number of hydrogen-bond acceptors (Lipinski definition) is 6. The highest BCUT2D eigenvalue weighted by Gasteiger charge is 2.35. The zero-order chi connectivity index (χ0) is 19.6. The highest BCUT2D eigenvalue weighted by molar-refractivity contribution is 7.89. The van der Waals surface area contributed by atoms with Crippen LogP contribution in [0.1, 0.15) is 51.4 Å². The van der Waals surface area contributed by atoms with Crippen molar-refractivity contribution >= 4 is 27.0 Å². The van der Waals surface area contributed by atoms with Gasteiger partial charge in [0, 0.05) is 19.1 Å². The Morgan fingerprint density at radius 2 is 1.86 bits per heavy atom. The third-order valence-electron chi connectivity index (χ3n) is 5.82. The molecule has 0 spiro atoms. The molecule has 9 heteroatoms. The fourth-order valence-electron chi connectivity index (χ4n) is 4.25. The first-order valence-electron chi connectivity index (χ1n) is 10.1. The molecule has 8 nitrogen and oxygen atoms in total. The summed E-state index contributed by atoms with van der Waals surface area (Å²) in [5, 5.41) is 10.6. The van der Waals surface area contributed by atoms with E-state index in [1.165, 1.54) is 23.2 Å². The van der Waals surface area contributed by atoms with E-state index in [-0.39, 0.29) is 34.8 Å². The van der Waals surface area contributed by atoms with Crippen molar-refractivity contribution in [3.63, 3.8) is 0 Å². The number of nitrogens with one attached hydrogen (secondary N) is 1. The summed E-state index contributed by atoms with van der Waals surface area (Å²) in [5.41, 5.74) is 0.633. The number of benzene rings is 1. The Balaban J connectivity index is 1.48. The molecular formula is C19H26N4O4S. The second-order valence-electron chi connectivity index (χ2n) is 7.79. The van der Waals surface area contributed by atoms with Gasteiger partial charge in [0.25, 0.3) is 0 Å². The Labute approximate surface area is 164 Å². The van der Waals surface area contributed by atoms with Crippen molar-refractivity contribution in [3.05, 3.63) is 18.2 Å². The molecule has 0 bridgehead atoms. The van der Waals surface area contributed by atoms with E-state index >= 15 is 0 Å². The van der Waals surface area contributed by atoms with Crippen molar-refractivity contribution in [2.75, 3.05) is 13.1 Å². The number of piperidine rings is 1. The topological polar surface area (TPSA) is 105 Å². The quantitative estimate of drug-likeness (QED) is 0.782. The number of aromatic nitrogens is 2. The van der Waals surface area contributed by atoms with E-state index in [0.29, 0.717) is 24.9 Å². The number of amides is 1. The molecule has 1 amide bonds. The molecule has 1 aromatic carbocycles. The van der Waals surface area contributed by atoms with Crippen LogP contribution in [-0.2, 0) is 14.8 Å². The highest BCUT2D eigenvalue weighted by atomic mass is 32.2. The number of hydrogen-bond donors (Lipinski definition) is 1. The summed E-state index contributed by atoms with van der Waals surface area (Å²) < 4.78 is 32.5. The lowest BCUT2D eigenvalue weighted by Gasteiger charge is -2.32. The maximum Gasteiger partial charge on any atom is 0.245 e. The summed E-state index contributed by atoms with van der Waals surface area (Å²) in [5.74, 6) is -0.338. The predicted molar refractivity (Wildman–Crippen MR) is 103 cm³/mol. The molecule has 152 valence electrons. The van der Waals surface area contributed by atoms with E-state index < -0.39 is 10.0 Å². The molecule has 1 N–H and O–H groups in total. The fraction of sp³-hybridized carbons (Fsp3) is 0.632. The van der Waals surface area contributed by atoms with Gasteiger partial charge in [0.15, 0.2) is 5.52 Å². The van der Waals surface area contributed by atoms with Gasteiger partial charge in [-0.3, -0.25) is 4.79 Å². The van der Waals surface area contributed by atoms with Crippen molar-refractivity contribution in [2.24, 2.45) is 5.92 Å². The lowest BCUT2D eigenvalue weighted by atomic mass is 9.97. The summed E-state index contributed by atoms with van der Waals surface area (Å²) in [6.45, 7) is 0.597. The number of sulfonamides is 1. The van der Waals surface area contributed by atoms with Crippen molar-refractivity contribution < 1.29 is 17.8 Å². The molecule has 1 atom stereocenters. The maximum atomic E-state index is 13.2. The minimum Gasteiger partial charge on any atom is -0.353 e. The van der Waals surface area contributed by atoms with E-state index in [2.05, 4.69) is 15.6 Å². The lowest BCUT2D eigenvalue weighted by Crippen LogP contribution is -2.47. The number of carbonyl (C=O) groups is 1. The van der Waals surface area contributed by atoms with Gasteiger partial charge >= 0.3 is 0 Å². The fourth-order valence-corrected chi connectivity index (χ4v) is 5.91. The van der Waals surface area contributed by atoms with Gasteiger partial charge in [0.1, 0.15) is 10.4 Å². The molecule has 2 aromatic rings. The Kier molecular flexibility index (Phi) is 5.63. The van der Waals surface area contributed by atoms with Crippen molar-refractivity contribution in [1.82, 2.24) is 19.9 Å². The normalized spacial score (nSPS) is 22.8. The molecular weight excluding hydrogens is 380 g/mol. The van der Waals surface area contributed by atoms with Gasteiger partial charge in [-0.15, -0.1) is 0 Å². The minimum absolute atomic E-state index is 0.0203. The Morgan fingerprint density at radius 3 is 2.64 bits per heavy atom. The largest absolute Gasteiger partial charge is 0.353 e. The van der Waals surface area contributed by atoms with Crippen LogP contribution in [-0.4, -0.2) is 48.1 Å². The zero-order valence-corrected chi connectivity index (χ0v) is 16.7. The van der Waals surface area contributed by atoms with Crippen LogP contribution in [0.15, 0.2) is 27.7 Å². The molecule has 1 saturated carbocycles. The van der Waals surface area contributed by atoms with Crippen LogP contribution in [0.3, 0.4) is 0 Å². The molecule has 2 heterocycles. The molecule has 0 unspecified atom stereocenters. The van der Waals surface area contributed by atoms with E-state index in [1.54, 1.807) is 12.1 Å². The van der Waals surface area contributed by atoms with Crippen LogP contribution < -0.4 is 5.32 Å². The molecule has 28 heavy (non-hydrogen) atoms. The van der Waals surface area contributed by atoms with Gasteiger partial charge < -0.3 is 5.32 Å². The third kappa shape index (κ3) is 3.91. The van der Waals surface area contributed by atoms with Gasteiger partial charge in [0.2, 0.25) is 15.9 Å². The molecule has 1 aliphatic heterocycles. The minimum atomic E-state index is -3.77. The summed E-state index contributed by atoms with van der Waals surface area (Å²) in [6, 6.07) is 5.01. The molecule has 1 aromatic heterocycles. The van der Waals surface area contributed by atoms with Crippen LogP contribution >= 0.6 is 0 Å². The van der Waals surface area contributed by atoms with Crippen molar-refractivity contribution in [1.29, 1.82) is 0 Å². The first-order chi connectivity index (χ1) is 13.6. The van der Waals surface area contributed by atoms with Crippen LogP contribution in [0.2, 0.25) is 0 Å². The van der Waals surface area contributed by atoms with E-state index in [4.69, 9.17) is 4.63 Å². The van der Waals surface area contributed by atoms with Crippen LogP contribution in [0.25, 0.3) is 11.0 Å². The molecule has 1 saturated heterocycles. The van der Waals surface area contributed by atoms with Crippen LogP contribution in [0, 0.1) is 5.92 Å². The highest BCUT2D eigenvalue weighted by Crippen LogP contribution is 2.28. The van der Waals surface area contributed by atoms with Crippen molar-refractivity contribution in [2.45, 2.75) is 62.3 Å². The van der Waals surface area contributed by atoms with Gasteiger partial charge in [0.05, 0.1) is 5.92 Å². The molecule has 2 fully saturated rings. The predicted octanol–water partition coefficient (Wildman–Crippen LogP) is 2.46. The van der Waals surface area contributed by atoms with Crippen LogP contribution in [0.4, 0.5) is 0 Å². The lowest BCUT2D eigenvalue weighted by molar-refractivity contribution is -0.126. The molecule has 0 radical (unpaired) electrons. The van der Waals surface area contributed by atoms with E-state index in [1.807, 2.05) is 0 Å². The first-order valence-corrected chi connectivity index (χ1v) is 11.5. The van der Waals surface area contributed by atoms with Crippen LogP contribution in [0.5, 0.6) is 0 Å². The smallest absolute Gasteiger partial charge is 0.245 e. The Hall–Kier alpha value is -2.00. The summed E-state index contributed by atoms with van der Waals surface area (Å²) in [6.07, 6.45) is 8.14. The standard InChI is InChI=1S/C19H26N4O4S/c24-19(20-15-8-3-1-2-4-9-15)14-7-6-12-23(13-14)28(25,26)17-11-5-10-16-18(17)22-27-21-16/h5,10-11,14-15H,1-4,6-9,12-13H2,(H,20,24)/t14-/m1/s1. The molecule has 4 rings (SSSR count). The van der Waals surface area contributed by atoms with Gasteiger partial charge in [-0.05, 0) is 48.1 Å². The summed E-state index contributed by atoms with van der Waals surface area (Å²) in [4.78, 5) is 12.9.